The Bertz CT molecular complexity index is 1100. The van der Waals surface area contributed by atoms with Crippen molar-refractivity contribution in [2.75, 3.05) is 38.0 Å². The number of sulfonamides is 1. The van der Waals surface area contributed by atoms with Gasteiger partial charge >= 0.3 is 0 Å². The third kappa shape index (κ3) is 5.63. The van der Waals surface area contributed by atoms with E-state index in [1.807, 2.05) is 26.0 Å². The van der Waals surface area contributed by atoms with Crippen molar-refractivity contribution in [1.29, 1.82) is 0 Å². The Morgan fingerprint density at radius 3 is 2.31 bits per heavy atom. The Morgan fingerprint density at radius 2 is 1.75 bits per heavy atom. The van der Waals surface area contributed by atoms with Crippen LogP contribution in [0.5, 0.6) is 0 Å². The fourth-order valence-corrected chi connectivity index (χ4v) is 5.06. The van der Waals surface area contributed by atoms with Crippen LogP contribution in [0.15, 0.2) is 47.4 Å². The normalized spacial score (nSPS) is 15.6. The van der Waals surface area contributed by atoms with E-state index in [0.29, 0.717) is 19.0 Å². The average Bonchev–Trinajstić information content (AvgIpc) is 2.74. The van der Waals surface area contributed by atoms with E-state index in [9.17, 15) is 23.3 Å². The molecule has 1 saturated heterocycles. The van der Waals surface area contributed by atoms with Crippen molar-refractivity contribution >= 4 is 38.9 Å². The number of nitro groups is 1. The lowest BCUT2D eigenvalue weighted by Gasteiger charge is -2.33. The minimum atomic E-state index is -3.61. The number of nitrogens with one attached hydrogen (secondary N) is 1. The number of hydrogen-bond acceptors (Lipinski definition) is 6. The van der Waals surface area contributed by atoms with Gasteiger partial charge in [0.1, 0.15) is 5.69 Å². The van der Waals surface area contributed by atoms with Crippen molar-refractivity contribution in [2.24, 2.45) is 0 Å². The number of hydrogen-bond donors (Lipinski definition) is 1. The second-order valence-corrected chi connectivity index (χ2v) is 10.2. The number of carbonyl (C=O) groups excluding carboxylic acids is 1. The van der Waals surface area contributed by atoms with Gasteiger partial charge < -0.3 is 5.32 Å². The predicted octanol–water partition coefficient (Wildman–Crippen LogP) is 3.32. The molecule has 1 aliphatic rings. The lowest BCUT2D eigenvalue weighted by molar-refractivity contribution is -0.383. The van der Waals surface area contributed by atoms with Gasteiger partial charge in [0.15, 0.2) is 0 Å². The fourth-order valence-electron chi connectivity index (χ4n) is 3.46. The Labute approximate surface area is 192 Å². The average molecular weight is 481 g/mol. The first-order valence-corrected chi connectivity index (χ1v) is 12.0. The molecule has 1 N–H and O–H groups in total. The highest BCUT2D eigenvalue weighted by molar-refractivity contribution is 7.89. The molecule has 1 aliphatic heterocycles. The molecule has 2 aromatic rings. The first kappa shape index (κ1) is 24.1. The number of benzene rings is 2. The molecule has 0 aromatic heterocycles. The van der Waals surface area contributed by atoms with Crippen LogP contribution in [0.2, 0.25) is 5.02 Å². The zero-order valence-corrected chi connectivity index (χ0v) is 19.4. The number of rotatable bonds is 7. The van der Waals surface area contributed by atoms with E-state index in [-0.39, 0.29) is 40.9 Å². The number of anilines is 1. The molecule has 0 unspecified atom stereocenters. The Hall–Kier alpha value is -2.53. The second-order valence-electron chi connectivity index (χ2n) is 7.87. The summed E-state index contributed by atoms with van der Waals surface area (Å²) in [5, 5.41) is 13.9. The Balaban J connectivity index is 1.58. The van der Waals surface area contributed by atoms with Gasteiger partial charge in [-0.25, -0.2) is 8.42 Å². The molecule has 32 heavy (non-hydrogen) atoms. The van der Waals surface area contributed by atoms with E-state index < -0.39 is 20.9 Å². The molecule has 0 spiro atoms. The summed E-state index contributed by atoms with van der Waals surface area (Å²) in [6, 6.07) is 10.8. The number of amides is 1. The highest BCUT2D eigenvalue weighted by Crippen LogP contribution is 2.27. The lowest BCUT2D eigenvalue weighted by Crippen LogP contribution is -2.50. The lowest BCUT2D eigenvalue weighted by atomic mass is 10.0. The third-order valence-electron chi connectivity index (χ3n) is 5.31. The van der Waals surface area contributed by atoms with Gasteiger partial charge in [-0.2, -0.15) is 4.31 Å². The van der Waals surface area contributed by atoms with E-state index in [1.165, 1.54) is 22.5 Å². The SMILES string of the molecule is CC(C)c1ccc(S(=O)(=O)N2CCN(CC(=O)Nc3cc(Cl)ccc3[N+](=O)[O-])CC2)cc1. The van der Waals surface area contributed by atoms with Crippen LogP contribution in [-0.4, -0.2) is 61.2 Å². The van der Waals surface area contributed by atoms with Crippen LogP contribution in [0.4, 0.5) is 11.4 Å². The summed E-state index contributed by atoms with van der Waals surface area (Å²) in [6.07, 6.45) is 0. The summed E-state index contributed by atoms with van der Waals surface area (Å²) >= 11 is 5.88. The molecule has 172 valence electrons. The minimum Gasteiger partial charge on any atom is -0.319 e. The summed E-state index contributed by atoms with van der Waals surface area (Å²) in [7, 11) is -3.61. The van der Waals surface area contributed by atoms with Crippen molar-refractivity contribution in [3.8, 4) is 0 Å². The van der Waals surface area contributed by atoms with Gasteiger partial charge in [-0.05, 0) is 35.7 Å². The molecule has 0 bridgehead atoms. The minimum absolute atomic E-state index is 0.0133. The summed E-state index contributed by atoms with van der Waals surface area (Å²) in [6.45, 7) is 5.31. The number of piperazine rings is 1. The molecular formula is C21H25ClN4O5S. The third-order valence-corrected chi connectivity index (χ3v) is 7.46. The van der Waals surface area contributed by atoms with Crippen molar-refractivity contribution in [1.82, 2.24) is 9.21 Å². The molecule has 1 heterocycles. The zero-order valence-electron chi connectivity index (χ0n) is 17.8. The first-order valence-electron chi connectivity index (χ1n) is 10.1. The van der Waals surface area contributed by atoms with Crippen molar-refractivity contribution in [3.63, 3.8) is 0 Å². The van der Waals surface area contributed by atoms with E-state index in [2.05, 4.69) is 5.32 Å². The van der Waals surface area contributed by atoms with Crippen LogP contribution in [0.25, 0.3) is 0 Å². The molecule has 2 aromatic carbocycles. The number of halogens is 1. The molecule has 0 atom stereocenters. The Morgan fingerprint density at radius 1 is 1.12 bits per heavy atom. The van der Waals surface area contributed by atoms with Crippen LogP contribution >= 0.6 is 11.6 Å². The van der Waals surface area contributed by atoms with Gasteiger partial charge in [0.2, 0.25) is 15.9 Å². The van der Waals surface area contributed by atoms with Gasteiger partial charge in [0.05, 0.1) is 16.4 Å². The maximum atomic E-state index is 12.9. The highest BCUT2D eigenvalue weighted by atomic mass is 35.5. The summed E-state index contributed by atoms with van der Waals surface area (Å²) in [5.74, 6) is -0.120. The highest BCUT2D eigenvalue weighted by Gasteiger charge is 2.29. The number of carbonyl (C=O) groups is 1. The largest absolute Gasteiger partial charge is 0.319 e. The van der Waals surface area contributed by atoms with Gasteiger partial charge in [-0.15, -0.1) is 0 Å². The summed E-state index contributed by atoms with van der Waals surface area (Å²) < 4.78 is 27.3. The van der Waals surface area contributed by atoms with Gasteiger partial charge in [0, 0.05) is 37.3 Å². The van der Waals surface area contributed by atoms with Crippen LogP contribution in [0.3, 0.4) is 0 Å². The summed E-state index contributed by atoms with van der Waals surface area (Å²) in [4.78, 5) is 25.0. The smallest absolute Gasteiger partial charge is 0.292 e. The molecule has 0 saturated carbocycles. The molecule has 3 rings (SSSR count). The standard InChI is InChI=1S/C21H25ClN4O5S/c1-15(2)16-3-6-18(7-4-16)32(30,31)25-11-9-24(10-12-25)14-21(27)23-19-13-17(22)5-8-20(19)26(28)29/h3-8,13,15H,9-12,14H2,1-2H3,(H,23,27). The predicted molar refractivity (Wildman–Crippen MR) is 122 cm³/mol. The quantitative estimate of drug-likeness (QED) is 0.480. The van der Waals surface area contributed by atoms with Gasteiger partial charge in [-0.1, -0.05) is 37.6 Å². The Kier molecular flexibility index (Phi) is 7.50. The summed E-state index contributed by atoms with van der Waals surface area (Å²) in [5.41, 5.74) is 0.848. The fraction of sp³-hybridized carbons (Fsp3) is 0.381. The van der Waals surface area contributed by atoms with Crippen molar-refractivity contribution in [2.45, 2.75) is 24.7 Å². The second kappa shape index (κ2) is 9.95. The van der Waals surface area contributed by atoms with Crippen molar-refractivity contribution in [3.05, 3.63) is 63.2 Å². The van der Waals surface area contributed by atoms with Crippen LogP contribution in [0, 0.1) is 10.1 Å². The monoisotopic (exact) mass is 480 g/mol. The maximum absolute atomic E-state index is 12.9. The first-order chi connectivity index (χ1) is 15.1. The molecule has 0 radical (unpaired) electrons. The van der Waals surface area contributed by atoms with E-state index in [1.54, 1.807) is 17.0 Å². The van der Waals surface area contributed by atoms with E-state index in [0.717, 1.165) is 5.56 Å². The van der Waals surface area contributed by atoms with Gasteiger partial charge in [0.25, 0.3) is 5.69 Å². The van der Waals surface area contributed by atoms with Crippen LogP contribution < -0.4 is 5.32 Å². The number of nitro benzene ring substituents is 1. The topological polar surface area (TPSA) is 113 Å². The zero-order chi connectivity index (χ0) is 23.5. The van der Waals surface area contributed by atoms with Gasteiger partial charge in [-0.3, -0.25) is 19.8 Å². The molecule has 1 fully saturated rings. The molecular weight excluding hydrogens is 456 g/mol. The van der Waals surface area contributed by atoms with E-state index in [4.69, 9.17) is 11.6 Å². The maximum Gasteiger partial charge on any atom is 0.292 e. The van der Waals surface area contributed by atoms with Crippen LogP contribution in [-0.2, 0) is 14.8 Å². The molecule has 1 amide bonds. The number of nitrogens with zero attached hydrogens (tertiary/aromatic N) is 3. The van der Waals surface area contributed by atoms with Crippen molar-refractivity contribution < 1.29 is 18.1 Å². The molecule has 0 aliphatic carbocycles. The van der Waals surface area contributed by atoms with Crippen LogP contribution in [0.1, 0.15) is 25.3 Å². The molecule has 11 heteroatoms. The molecule has 9 nitrogen and oxygen atoms in total. The van der Waals surface area contributed by atoms with E-state index >= 15 is 0 Å².